The van der Waals surface area contributed by atoms with Gasteiger partial charge < -0.3 is 19.8 Å². The van der Waals surface area contributed by atoms with E-state index < -0.39 is 0 Å². The van der Waals surface area contributed by atoms with Crippen LogP contribution in [0.25, 0.3) is 16.6 Å². The predicted molar refractivity (Wildman–Crippen MR) is 93.1 cm³/mol. The second-order valence-electron chi connectivity index (χ2n) is 5.77. The van der Waals surface area contributed by atoms with Crippen molar-refractivity contribution in [2.24, 2.45) is 0 Å². The molecule has 0 saturated carbocycles. The Hall–Kier alpha value is -3.61. The lowest BCUT2D eigenvalue weighted by Gasteiger charge is -2.04. The van der Waals surface area contributed by atoms with Crippen LogP contribution in [0, 0.1) is 0 Å². The van der Waals surface area contributed by atoms with Gasteiger partial charge in [0.05, 0.1) is 5.69 Å². The first-order valence-corrected chi connectivity index (χ1v) is 7.62. The van der Waals surface area contributed by atoms with Gasteiger partial charge in [0, 0.05) is 30.2 Å². The third-order valence-corrected chi connectivity index (χ3v) is 3.92. The van der Waals surface area contributed by atoms with E-state index in [2.05, 4.69) is 15.3 Å². The Balaban J connectivity index is 1.62. The van der Waals surface area contributed by atoms with Gasteiger partial charge in [-0.05, 0) is 36.4 Å². The van der Waals surface area contributed by atoms with Gasteiger partial charge in [-0.15, -0.1) is 0 Å². The quantitative estimate of drug-likeness (QED) is 0.502. The van der Waals surface area contributed by atoms with Crippen LogP contribution in [-0.4, -0.2) is 31.2 Å². The lowest BCUT2D eigenvalue weighted by molar-refractivity contribution is 0.100. The van der Waals surface area contributed by atoms with Gasteiger partial charge in [-0.3, -0.25) is 9.59 Å². The number of aromatic hydroxyl groups is 1. The zero-order chi connectivity index (χ0) is 17.6. The highest BCUT2D eigenvalue weighted by Gasteiger charge is 2.11. The molecule has 25 heavy (non-hydrogen) atoms. The number of rotatable bonds is 3. The van der Waals surface area contributed by atoms with E-state index >= 15 is 0 Å². The molecule has 0 atom stereocenters. The van der Waals surface area contributed by atoms with Gasteiger partial charge in [-0.1, -0.05) is 0 Å². The molecule has 3 N–H and O–H groups in total. The van der Waals surface area contributed by atoms with Crippen molar-refractivity contribution in [3.63, 3.8) is 0 Å². The number of aromatic nitrogens is 3. The first-order valence-electron chi connectivity index (χ1n) is 7.62. The van der Waals surface area contributed by atoms with E-state index in [1.807, 2.05) is 0 Å². The molecule has 0 bridgehead atoms. The van der Waals surface area contributed by atoms with Crippen LogP contribution in [0.15, 0.2) is 48.8 Å². The number of nitrogens with one attached hydrogen (secondary N) is 2. The standard InChI is InChI=1S/C18H14N4O3/c1-10(23)16-9-22-8-12(2-5-17(22)21-16)19-18(25)15-7-11-6-13(24)3-4-14(11)20-15/h2-9,20,24H,1H3,(H,19,25). The maximum atomic E-state index is 12.4. The average Bonchev–Trinajstić information content (AvgIpc) is 3.17. The highest BCUT2D eigenvalue weighted by atomic mass is 16.3. The summed E-state index contributed by atoms with van der Waals surface area (Å²) in [6, 6.07) is 9.98. The minimum absolute atomic E-state index is 0.115. The number of nitrogens with zero attached hydrogens (tertiary/aromatic N) is 2. The van der Waals surface area contributed by atoms with E-state index in [4.69, 9.17) is 0 Å². The van der Waals surface area contributed by atoms with Crippen molar-refractivity contribution in [2.75, 3.05) is 5.32 Å². The second kappa shape index (κ2) is 5.48. The van der Waals surface area contributed by atoms with Crippen molar-refractivity contribution in [3.8, 4) is 5.75 Å². The van der Waals surface area contributed by atoms with E-state index in [0.717, 1.165) is 10.9 Å². The Morgan fingerprint density at radius 3 is 2.80 bits per heavy atom. The van der Waals surface area contributed by atoms with Crippen LogP contribution in [0.4, 0.5) is 5.69 Å². The normalized spacial score (nSPS) is 11.1. The van der Waals surface area contributed by atoms with Crippen LogP contribution in [-0.2, 0) is 0 Å². The summed E-state index contributed by atoms with van der Waals surface area (Å²) in [4.78, 5) is 31.0. The zero-order valence-electron chi connectivity index (χ0n) is 13.3. The number of anilines is 1. The summed E-state index contributed by atoms with van der Waals surface area (Å²) in [5, 5.41) is 13.1. The highest BCUT2D eigenvalue weighted by molar-refractivity contribution is 6.06. The number of pyridine rings is 1. The number of hydrogen-bond acceptors (Lipinski definition) is 4. The maximum Gasteiger partial charge on any atom is 0.272 e. The number of carbonyl (C=O) groups excluding carboxylic acids is 2. The van der Waals surface area contributed by atoms with Gasteiger partial charge in [0.1, 0.15) is 22.8 Å². The van der Waals surface area contributed by atoms with Crippen molar-refractivity contribution < 1.29 is 14.7 Å². The molecule has 7 nitrogen and oxygen atoms in total. The van der Waals surface area contributed by atoms with Crippen LogP contribution < -0.4 is 5.32 Å². The molecule has 0 aliphatic carbocycles. The molecule has 4 rings (SSSR count). The predicted octanol–water partition coefficient (Wildman–Crippen LogP) is 2.98. The molecule has 0 unspecified atom stereocenters. The molecule has 1 aromatic carbocycles. The van der Waals surface area contributed by atoms with E-state index in [1.165, 1.54) is 6.92 Å². The number of benzene rings is 1. The van der Waals surface area contributed by atoms with E-state index in [0.29, 0.717) is 22.7 Å². The molecule has 4 aromatic rings. The van der Waals surface area contributed by atoms with Crippen molar-refractivity contribution in [2.45, 2.75) is 6.92 Å². The monoisotopic (exact) mass is 334 g/mol. The fourth-order valence-electron chi connectivity index (χ4n) is 2.68. The molecule has 0 aliphatic rings. The molecular formula is C18H14N4O3. The number of fused-ring (bicyclic) bond motifs is 2. The lowest BCUT2D eigenvalue weighted by Crippen LogP contribution is -2.12. The molecule has 0 spiro atoms. The summed E-state index contributed by atoms with van der Waals surface area (Å²) in [7, 11) is 0. The van der Waals surface area contributed by atoms with Crippen LogP contribution in [0.2, 0.25) is 0 Å². The van der Waals surface area contributed by atoms with E-state index in [-0.39, 0.29) is 17.4 Å². The first-order chi connectivity index (χ1) is 12.0. The first kappa shape index (κ1) is 14.9. The van der Waals surface area contributed by atoms with Gasteiger partial charge in [0.25, 0.3) is 5.91 Å². The lowest BCUT2D eigenvalue weighted by atomic mass is 10.2. The van der Waals surface area contributed by atoms with Crippen molar-refractivity contribution in [1.82, 2.24) is 14.4 Å². The molecule has 0 aliphatic heterocycles. The second-order valence-corrected chi connectivity index (χ2v) is 5.77. The summed E-state index contributed by atoms with van der Waals surface area (Å²) in [5.74, 6) is -0.275. The number of aromatic amines is 1. The van der Waals surface area contributed by atoms with Gasteiger partial charge in [0.15, 0.2) is 5.78 Å². The summed E-state index contributed by atoms with van der Waals surface area (Å²) >= 11 is 0. The smallest absolute Gasteiger partial charge is 0.272 e. The Labute approximate surface area is 141 Å². The fourth-order valence-corrected chi connectivity index (χ4v) is 2.68. The summed E-state index contributed by atoms with van der Waals surface area (Å²) in [5.41, 5.74) is 2.73. The summed E-state index contributed by atoms with van der Waals surface area (Å²) < 4.78 is 1.69. The van der Waals surface area contributed by atoms with Gasteiger partial charge in [-0.25, -0.2) is 4.98 Å². The number of hydrogen-bond donors (Lipinski definition) is 3. The Kier molecular flexibility index (Phi) is 3.28. The average molecular weight is 334 g/mol. The number of carbonyl (C=O) groups is 2. The van der Waals surface area contributed by atoms with Gasteiger partial charge in [0.2, 0.25) is 0 Å². The number of amides is 1. The summed E-state index contributed by atoms with van der Waals surface area (Å²) in [6.45, 7) is 1.46. The molecule has 3 aromatic heterocycles. The van der Waals surface area contributed by atoms with Crippen LogP contribution in [0.5, 0.6) is 5.75 Å². The Bertz CT molecular complexity index is 1140. The largest absolute Gasteiger partial charge is 0.508 e. The number of phenols is 1. The molecule has 0 radical (unpaired) electrons. The van der Waals surface area contributed by atoms with Crippen molar-refractivity contribution in [3.05, 3.63) is 60.2 Å². The van der Waals surface area contributed by atoms with E-state index in [1.54, 1.807) is 53.2 Å². The number of Topliss-reactive ketones (excluding diaryl/α,β-unsaturated/α-hetero) is 1. The topological polar surface area (TPSA) is 99.5 Å². The Morgan fingerprint density at radius 1 is 1.16 bits per heavy atom. The summed E-state index contributed by atoms with van der Waals surface area (Å²) in [6.07, 6.45) is 3.32. The SMILES string of the molecule is CC(=O)c1cn2cc(NC(=O)c3cc4cc(O)ccc4[nH]3)ccc2n1. The molecule has 1 amide bonds. The third kappa shape index (κ3) is 2.72. The number of imidazole rings is 1. The van der Waals surface area contributed by atoms with Crippen molar-refractivity contribution >= 4 is 33.9 Å². The molecule has 124 valence electrons. The third-order valence-electron chi connectivity index (χ3n) is 3.92. The fraction of sp³-hybridized carbons (Fsp3) is 0.0556. The molecule has 0 fully saturated rings. The van der Waals surface area contributed by atoms with Crippen LogP contribution in [0.3, 0.4) is 0 Å². The van der Waals surface area contributed by atoms with Crippen LogP contribution >= 0.6 is 0 Å². The highest BCUT2D eigenvalue weighted by Crippen LogP contribution is 2.21. The number of H-pyrrole nitrogens is 1. The number of ketones is 1. The maximum absolute atomic E-state index is 12.4. The zero-order valence-corrected chi connectivity index (χ0v) is 13.3. The number of phenolic OH excluding ortho intramolecular Hbond substituents is 1. The molecule has 3 heterocycles. The van der Waals surface area contributed by atoms with E-state index in [9.17, 15) is 14.7 Å². The minimum Gasteiger partial charge on any atom is -0.508 e. The molecular weight excluding hydrogens is 320 g/mol. The van der Waals surface area contributed by atoms with Crippen molar-refractivity contribution in [1.29, 1.82) is 0 Å². The minimum atomic E-state index is -0.304. The van der Waals surface area contributed by atoms with Gasteiger partial charge in [-0.2, -0.15) is 0 Å². The molecule has 0 saturated heterocycles. The van der Waals surface area contributed by atoms with Gasteiger partial charge >= 0.3 is 0 Å². The Morgan fingerprint density at radius 2 is 2.00 bits per heavy atom. The van der Waals surface area contributed by atoms with Crippen LogP contribution in [0.1, 0.15) is 27.9 Å². The molecule has 7 heteroatoms.